The molecule has 0 aliphatic heterocycles. The summed E-state index contributed by atoms with van der Waals surface area (Å²) in [5, 5.41) is 3.61. The highest BCUT2D eigenvalue weighted by Crippen LogP contribution is 2.22. The van der Waals surface area contributed by atoms with Gasteiger partial charge in [-0.25, -0.2) is 0 Å². The minimum atomic E-state index is 0.571. The van der Waals surface area contributed by atoms with Gasteiger partial charge in [0.25, 0.3) is 0 Å². The summed E-state index contributed by atoms with van der Waals surface area (Å²) in [5.41, 5.74) is 4.01. The van der Waals surface area contributed by atoms with Crippen molar-refractivity contribution in [2.45, 2.75) is 39.3 Å². The molecule has 0 aromatic heterocycles. The lowest BCUT2D eigenvalue weighted by Crippen LogP contribution is -2.21. The standard InChI is InChI=1S/C17H25NO/c1-13(2)16(11-18-17-8-9-17)10-14-6-4-5-7-15(14)12-19-3/h4-7,10,13,17-18H,8-9,11-12H2,1-3H3. The third-order valence-electron chi connectivity index (χ3n) is 3.61. The van der Waals surface area contributed by atoms with Gasteiger partial charge in [0.1, 0.15) is 0 Å². The van der Waals surface area contributed by atoms with Crippen molar-refractivity contribution in [2.24, 2.45) is 5.92 Å². The monoisotopic (exact) mass is 259 g/mol. The van der Waals surface area contributed by atoms with E-state index in [1.165, 1.54) is 29.5 Å². The van der Waals surface area contributed by atoms with Gasteiger partial charge in [0.15, 0.2) is 0 Å². The normalized spacial score (nSPS) is 16.1. The molecule has 2 heteroatoms. The summed E-state index contributed by atoms with van der Waals surface area (Å²) >= 11 is 0. The smallest absolute Gasteiger partial charge is 0.0718 e. The van der Waals surface area contributed by atoms with Crippen LogP contribution in [0.1, 0.15) is 37.8 Å². The quantitative estimate of drug-likeness (QED) is 0.807. The van der Waals surface area contributed by atoms with Crippen LogP contribution in [-0.2, 0) is 11.3 Å². The lowest BCUT2D eigenvalue weighted by Gasteiger charge is -2.14. The zero-order chi connectivity index (χ0) is 13.7. The predicted molar refractivity (Wildman–Crippen MR) is 81.0 cm³/mol. The summed E-state index contributed by atoms with van der Waals surface area (Å²) in [6, 6.07) is 9.24. The van der Waals surface area contributed by atoms with Crippen LogP contribution in [0.25, 0.3) is 6.08 Å². The molecule has 0 spiro atoms. The molecule has 1 aromatic carbocycles. The fourth-order valence-corrected chi connectivity index (χ4v) is 2.13. The molecule has 2 nitrogen and oxygen atoms in total. The van der Waals surface area contributed by atoms with Gasteiger partial charge in [0.2, 0.25) is 0 Å². The van der Waals surface area contributed by atoms with Gasteiger partial charge in [-0.2, -0.15) is 0 Å². The first-order valence-electron chi connectivity index (χ1n) is 7.21. The van der Waals surface area contributed by atoms with Crippen molar-refractivity contribution >= 4 is 6.08 Å². The maximum Gasteiger partial charge on any atom is 0.0718 e. The number of ether oxygens (including phenoxy) is 1. The summed E-state index contributed by atoms with van der Waals surface area (Å²) in [6.07, 6.45) is 5.01. The van der Waals surface area contributed by atoms with E-state index in [0.717, 1.165) is 12.6 Å². The van der Waals surface area contributed by atoms with E-state index in [2.05, 4.69) is 49.5 Å². The molecule has 0 radical (unpaired) electrons. The Morgan fingerprint density at radius 1 is 1.37 bits per heavy atom. The summed E-state index contributed by atoms with van der Waals surface area (Å²) in [4.78, 5) is 0. The zero-order valence-electron chi connectivity index (χ0n) is 12.3. The first kappa shape index (κ1) is 14.3. The second-order valence-corrected chi connectivity index (χ2v) is 5.66. The Bertz CT molecular complexity index is 433. The van der Waals surface area contributed by atoms with Gasteiger partial charge in [-0.1, -0.05) is 49.8 Å². The summed E-state index contributed by atoms with van der Waals surface area (Å²) in [7, 11) is 1.75. The van der Waals surface area contributed by atoms with Gasteiger partial charge in [0.05, 0.1) is 6.61 Å². The van der Waals surface area contributed by atoms with E-state index in [1.807, 2.05) is 0 Å². The lowest BCUT2D eigenvalue weighted by molar-refractivity contribution is 0.184. The number of rotatable bonds is 7. The Balaban J connectivity index is 2.13. The molecule has 0 atom stereocenters. The highest BCUT2D eigenvalue weighted by atomic mass is 16.5. The van der Waals surface area contributed by atoms with E-state index < -0.39 is 0 Å². The number of nitrogens with one attached hydrogen (secondary N) is 1. The van der Waals surface area contributed by atoms with Crippen LogP contribution in [0.5, 0.6) is 0 Å². The highest BCUT2D eigenvalue weighted by molar-refractivity contribution is 5.57. The summed E-state index contributed by atoms with van der Waals surface area (Å²) < 4.78 is 5.27. The van der Waals surface area contributed by atoms with Gasteiger partial charge in [-0.3, -0.25) is 0 Å². The molecule has 2 rings (SSSR count). The molecular weight excluding hydrogens is 234 g/mol. The highest BCUT2D eigenvalue weighted by Gasteiger charge is 2.20. The van der Waals surface area contributed by atoms with Gasteiger partial charge in [-0.05, 0) is 29.9 Å². The summed E-state index contributed by atoms with van der Waals surface area (Å²) in [5.74, 6) is 0.571. The van der Waals surface area contributed by atoms with E-state index in [0.29, 0.717) is 12.5 Å². The molecule has 104 valence electrons. The molecule has 0 amide bonds. The zero-order valence-corrected chi connectivity index (χ0v) is 12.3. The fraction of sp³-hybridized carbons (Fsp3) is 0.529. The molecule has 0 heterocycles. The molecule has 1 aliphatic carbocycles. The van der Waals surface area contributed by atoms with Crippen LogP contribution in [0.3, 0.4) is 0 Å². The number of hydrogen-bond acceptors (Lipinski definition) is 2. The second-order valence-electron chi connectivity index (χ2n) is 5.66. The van der Waals surface area contributed by atoms with Gasteiger partial charge >= 0.3 is 0 Å². The fourth-order valence-electron chi connectivity index (χ4n) is 2.13. The maximum absolute atomic E-state index is 5.27. The Morgan fingerprint density at radius 3 is 2.74 bits per heavy atom. The molecule has 1 aliphatic rings. The van der Waals surface area contributed by atoms with Crippen LogP contribution in [0.2, 0.25) is 0 Å². The first-order valence-corrected chi connectivity index (χ1v) is 7.21. The topological polar surface area (TPSA) is 21.3 Å². The van der Waals surface area contributed by atoms with Crippen LogP contribution in [0.15, 0.2) is 29.8 Å². The molecule has 1 N–H and O–H groups in total. The molecule has 19 heavy (non-hydrogen) atoms. The van der Waals surface area contributed by atoms with E-state index in [1.54, 1.807) is 7.11 Å². The van der Waals surface area contributed by atoms with Crippen LogP contribution in [-0.4, -0.2) is 19.7 Å². The SMILES string of the molecule is COCc1ccccc1C=C(CNC1CC1)C(C)C. The molecule has 0 saturated heterocycles. The average Bonchev–Trinajstić information content (AvgIpc) is 3.20. The first-order chi connectivity index (χ1) is 9.20. The Labute approximate surface area is 116 Å². The van der Waals surface area contributed by atoms with Crippen LogP contribution in [0, 0.1) is 5.92 Å². The van der Waals surface area contributed by atoms with Crippen LogP contribution >= 0.6 is 0 Å². The third kappa shape index (κ3) is 4.48. The molecule has 0 bridgehead atoms. The van der Waals surface area contributed by atoms with E-state index in [9.17, 15) is 0 Å². The average molecular weight is 259 g/mol. The Morgan fingerprint density at radius 2 is 2.11 bits per heavy atom. The van der Waals surface area contributed by atoms with Crippen molar-refractivity contribution in [2.75, 3.05) is 13.7 Å². The van der Waals surface area contributed by atoms with Crippen molar-refractivity contribution in [1.82, 2.24) is 5.32 Å². The van der Waals surface area contributed by atoms with E-state index in [-0.39, 0.29) is 0 Å². The van der Waals surface area contributed by atoms with E-state index >= 15 is 0 Å². The predicted octanol–water partition coefficient (Wildman–Crippen LogP) is 3.62. The molecule has 0 unspecified atom stereocenters. The number of methoxy groups -OCH3 is 1. The second kappa shape index (κ2) is 6.88. The van der Waals surface area contributed by atoms with Crippen molar-refractivity contribution in [3.05, 3.63) is 41.0 Å². The third-order valence-corrected chi connectivity index (χ3v) is 3.61. The molecule has 1 fully saturated rings. The summed E-state index contributed by atoms with van der Waals surface area (Å²) in [6.45, 7) is 6.20. The van der Waals surface area contributed by atoms with Crippen LogP contribution in [0.4, 0.5) is 0 Å². The molecule has 1 saturated carbocycles. The molecular formula is C17H25NO. The van der Waals surface area contributed by atoms with Crippen molar-refractivity contribution < 1.29 is 4.74 Å². The largest absolute Gasteiger partial charge is 0.380 e. The Hall–Kier alpha value is -1.12. The number of benzene rings is 1. The number of hydrogen-bond donors (Lipinski definition) is 1. The van der Waals surface area contributed by atoms with E-state index in [4.69, 9.17) is 4.74 Å². The lowest BCUT2D eigenvalue weighted by atomic mass is 9.98. The molecule has 1 aromatic rings. The van der Waals surface area contributed by atoms with Gasteiger partial charge < -0.3 is 10.1 Å². The Kier molecular flexibility index (Phi) is 5.17. The van der Waals surface area contributed by atoms with Gasteiger partial charge in [-0.15, -0.1) is 0 Å². The minimum absolute atomic E-state index is 0.571. The van der Waals surface area contributed by atoms with Gasteiger partial charge in [0, 0.05) is 19.7 Å². The van der Waals surface area contributed by atoms with Crippen LogP contribution < -0.4 is 5.32 Å². The van der Waals surface area contributed by atoms with Crippen molar-refractivity contribution in [3.8, 4) is 0 Å². The minimum Gasteiger partial charge on any atom is -0.380 e. The van der Waals surface area contributed by atoms with Crippen molar-refractivity contribution in [3.63, 3.8) is 0 Å². The maximum atomic E-state index is 5.27. The van der Waals surface area contributed by atoms with Crippen molar-refractivity contribution in [1.29, 1.82) is 0 Å².